The fraction of sp³-hybridized carbons (Fsp3) is 0.455. The highest BCUT2D eigenvalue weighted by atomic mass is 35.5. The average molecular weight is 304 g/mol. The van der Waals surface area contributed by atoms with Gasteiger partial charge in [0.1, 0.15) is 17.6 Å². The van der Waals surface area contributed by atoms with Gasteiger partial charge in [0.2, 0.25) is 0 Å². The molecule has 0 bridgehead atoms. The first-order chi connectivity index (χ1) is 8.25. The predicted molar refractivity (Wildman–Crippen MR) is 63.8 cm³/mol. The zero-order chi connectivity index (χ0) is 13.9. The van der Waals surface area contributed by atoms with Gasteiger partial charge in [-0.25, -0.2) is 4.39 Å². The minimum atomic E-state index is -4.63. The molecule has 1 aromatic rings. The second-order valence-corrected chi connectivity index (χ2v) is 3.79. The van der Waals surface area contributed by atoms with Gasteiger partial charge >= 0.3 is 6.18 Å². The lowest BCUT2D eigenvalue weighted by molar-refractivity contribution is -0.154. The van der Waals surface area contributed by atoms with Crippen LogP contribution in [0.15, 0.2) is 18.2 Å². The summed E-state index contributed by atoms with van der Waals surface area (Å²) in [6.07, 6.45) is -7.08. The van der Waals surface area contributed by atoms with Gasteiger partial charge in [-0.2, -0.15) is 13.2 Å². The smallest absolute Gasteiger partial charge is 0.403 e. The van der Waals surface area contributed by atoms with Crippen LogP contribution >= 0.6 is 12.4 Å². The molecule has 110 valence electrons. The molecule has 0 saturated carbocycles. The summed E-state index contributed by atoms with van der Waals surface area (Å²) >= 11 is 0. The molecule has 0 aromatic heterocycles. The van der Waals surface area contributed by atoms with Crippen molar-refractivity contribution in [1.29, 1.82) is 0 Å². The summed E-state index contributed by atoms with van der Waals surface area (Å²) in [6.45, 7) is 0. The maximum atomic E-state index is 13.4. The number of hydrogen-bond acceptors (Lipinski definition) is 3. The highest BCUT2D eigenvalue weighted by Gasteiger charge is 2.38. The molecule has 0 aliphatic carbocycles. The van der Waals surface area contributed by atoms with Crippen molar-refractivity contribution in [1.82, 2.24) is 0 Å². The van der Waals surface area contributed by atoms with Crippen LogP contribution in [0.2, 0.25) is 0 Å². The van der Waals surface area contributed by atoms with E-state index in [1.807, 2.05) is 0 Å². The molecule has 0 aliphatic rings. The largest absolute Gasteiger partial charge is 0.497 e. The van der Waals surface area contributed by atoms with E-state index < -0.39 is 30.6 Å². The third kappa shape index (κ3) is 4.85. The first-order valence-electron chi connectivity index (χ1n) is 5.09. The molecule has 2 atom stereocenters. The van der Waals surface area contributed by atoms with Gasteiger partial charge in [0, 0.05) is 12.0 Å². The summed E-state index contributed by atoms with van der Waals surface area (Å²) in [5, 5.41) is 9.58. The summed E-state index contributed by atoms with van der Waals surface area (Å²) in [5.74, 6) is -0.566. The Labute approximate surface area is 113 Å². The Morgan fingerprint density at radius 2 is 1.95 bits per heavy atom. The molecule has 19 heavy (non-hydrogen) atoms. The van der Waals surface area contributed by atoms with Gasteiger partial charge in [0.25, 0.3) is 0 Å². The van der Waals surface area contributed by atoms with Crippen molar-refractivity contribution in [3.05, 3.63) is 29.6 Å². The van der Waals surface area contributed by atoms with E-state index in [4.69, 9.17) is 10.5 Å². The molecular weight excluding hydrogens is 290 g/mol. The Bertz CT molecular complexity index is 414. The number of nitrogens with two attached hydrogens (primary N) is 1. The van der Waals surface area contributed by atoms with Gasteiger partial charge in [-0.05, 0) is 18.2 Å². The number of alkyl halides is 3. The molecular formula is C11H14ClF4NO2. The molecule has 3 nitrogen and oxygen atoms in total. The van der Waals surface area contributed by atoms with Gasteiger partial charge in [-0.3, -0.25) is 0 Å². The van der Waals surface area contributed by atoms with Gasteiger partial charge in [-0.15, -0.1) is 12.4 Å². The van der Waals surface area contributed by atoms with Gasteiger partial charge in [-0.1, -0.05) is 0 Å². The van der Waals surface area contributed by atoms with Gasteiger partial charge in [0.05, 0.1) is 13.2 Å². The number of hydrogen-bond donors (Lipinski definition) is 2. The summed E-state index contributed by atoms with van der Waals surface area (Å²) in [4.78, 5) is 0. The quantitative estimate of drug-likeness (QED) is 0.841. The standard InChI is InChI=1S/C11H13F4NO2.ClH/c1-18-6-2-3-8(12)7(4-6)9(17)5-10(16)11(13,14)15;/h2-4,9-10,17H,5,16H2,1H3;1H/t9-,10-;/m0./s1. The average Bonchev–Trinajstić information content (AvgIpc) is 2.28. The number of ether oxygens (including phenoxy) is 1. The molecule has 0 spiro atoms. The summed E-state index contributed by atoms with van der Waals surface area (Å²) in [5.41, 5.74) is 4.60. The van der Waals surface area contributed by atoms with Crippen LogP contribution in [-0.2, 0) is 0 Å². The maximum Gasteiger partial charge on any atom is 0.403 e. The Morgan fingerprint density at radius 3 is 2.42 bits per heavy atom. The molecule has 1 rings (SSSR count). The van der Waals surface area contributed by atoms with Gasteiger partial charge in [0.15, 0.2) is 0 Å². The number of rotatable bonds is 4. The molecule has 0 amide bonds. The lowest BCUT2D eigenvalue weighted by Crippen LogP contribution is -2.38. The third-order valence-electron chi connectivity index (χ3n) is 2.46. The molecule has 0 fully saturated rings. The van der Waals surface area contributed by atoms with Crippen molar-refractivity contribution < 1.29 is 27.4 Å². The number of methoxy groups -OCH3 is 1. The Kier molecular flexibility index (Phi) is 6.54. The molecule has 0 aliphatic heterocycles. The van der Waals surface area contributed by atoms with E-state index in [9.17, 15) is 22.7 Å². The Balaban J connectivity index is 0.00000324. The van der Waals surface area contributed by atoms with E-state index in [1.54, 1.807) is 0 Å². The second kappa shape index (κ2) is 6.93. The van der Waals surface area contributed by atoms with Crippen molar-refractivity contribution in [2.45, 2.75) is 24.7 Å². The maximum absolute atomic E-state index is 13.4. The van der Waals surface area contributed by atoms with E-state index in [-0.39, 0.29) is 23.7 Å². The number of benzene rings is 1. The Hall–Kier alpha value is -1.05. The summed E-state index contributed by atoms with van der Waals surface area (Å²) < 4.78 is 54.8. The highest BCUT2D eigenvalue weighted by molar-refractivity contribution is 5.85. The zero-order valence-corrected chi connectivity index (χ0v) is 10.8. The lowest BCUT2D eigenvalue weighted by atomic mass is 10.0. The molecule has 3 N–H and O–H groups in total. The minimum absolute atomic E-state index is 0. The Morgan fingerprint density at radius 1 is 1.37 bits per heavy atom. The van der Waals surface area contributed by atoms with Gasteiger partial charge < -0.3 is 15.6 Å². The van der Waals surface area contributed by atoms with E-state index in [2.05, 4.69) is 0 Å². The van der Waals surface area contributed by atoms with E-state index in [0.717, 1.165) is 12.1 Å². The van der Waals surface area contributed by atoms with Crippen molar-refractivity contribution in [2.75, 3.05) is 7.11 Å². The molecule has 0 heterocycles. The predicted octanol–water partition coefficient (Wildman–Crippen LogP) is 2.57. The summed E-state index contributed by atoms with van der Waals surface area (Å²) in [6, 6.07) is 1.24. The van der Waals surface area contributed by atoms with Crippen LogP contribution < -0.4 is 10.5 Å². The third-order valence-corrected chi connectivity index (χ3v) is 2.46. The van der Waals surface area contributed by atoms with Crippen LogP contribution in [0.1, 0.15) is 18.1 Å². The SMILES string of the molecule is COc1ccc(F)c([C@@H](O)C[C@H](N)C(F)(F)F)c1.Cl. The second-order valence-electron chi connectivity index (χ2n) is 3.79. The van der Waals surface area contributed by atoms with E-state index in [0.29, 0.717) is 0 Å². The first kappa shape index (κ1) is 17.9. The van der Waals surface area contributed by atoms with Crippen molar-refractivity contribution >= 4 is 12.4 Å². The van der Waals surface area contributed by atoms with E-state index in [1.165, 1.54) is 13.2 Å². The highest BCUT2D eigenvalue weighted by Crippen LogP contribution is 2.29. The van der Waals surface area contributed by atoms with Crippen molar-refractivity contribution in [3.8, 4) is 5.75 Å². The topological polar surface area (TPSA) is 55.5 Å². The van der Waals surface area contributed by atoms with Crippen LogP contribution in [0.25, 0.3) is 0 Å². The zero-order valence-electron chi connectivity index (χ0n) is 9.95. The van der Waals surface area contributed by atoms with Crippen LogP contribution in [0.3, 0.4) is 0 Å². The van der Waals surface area contributed by atoms with Crippen LogP contribution in [0.5, 0.6) is 5.75 Å². The normalized spacial score (nSPS) is 14.5. The van der Waals surface area contributed by atoms with E-state index >= 15 is 0 Å². The number of aliphatic hydroxyl groups is 1. The number of aliphatic hydroxyl groups excluding tert-OH is 1. The van der Waals surface area contributed by atoms with Crippen molar-refractivity contribution in [2.24, 2.45) is 5.73 Å². The molecule has 0 radical (unpaired) electrons. The summed E-state index contributed by atoms with van der Waals surface area (Å²) in [7, 11) is 1.32. The van der Waals surface area contributed by atoms with Crippen molar-refractivity contribution in [3.63, 3.8) is 0 Å². The fourth-order valence-electron chi connectivity index (χ4n) is 1.41. The molecule has 1 aromatic carbocycles. The fourth-order valence-corrected chi connectivity index (χ4v) is 1.41. The monoisotopic (exact) mass is 303 g/mol. The molecule has 8 heteroatoms. The molecule has 0 saturated heterocycles. The van der Waals surface area contributed by atoms with Crippen LogP contribution in [-0.4, -0.2) is 24.4 Å². The minimum Gasteiger partial charge on any atom is -0.497 e. The molecule has 0 unspecified atom stereocenters. The lowest BCUT2D eigenvalue weighted by Gasteiger charge is -2.19. The number of halogens is 5. The van der Waals surface area contributed by atoms with Crippen LogP contribution in [0.4, 0.5) is 17.6 Å². The van der Waals surface area contributed by atoms with Crippen LogP contribution in [0, 0.1) is 5.82 Å². The first-order valence-corrected chi connectivity index (χ1v) is 5.09.